The van der Waals surface area contributed by atoms with Gasteiger partial charge in [0.15, 0.2) is 28.6 Å². The molecule has 4 aromatic rings. The van der Waals surface area contributed by atoms with Crippen LogP contribution in [-0.4, -0.2) is 35.6 Å². The highest BCUT2D eigenvalue weighted by Gasteiger charge is 2.20. The molecule has 10 heteroatoms. The van der Waals surface area contributed by atoms with Gasteiger partial charge in [0, 0.05) is 17.2 Å². The van der Waals surface area contributed by atoms with Crippen LogP contribution in [0.1, 0.15) is 16.1 Å². The van der Waals surface area contributed by atoms with Gasteiger partial charge >= 0.3 is 0 Å². The van der Waals surface area contributed by atoms with Gasteiger partial charge in [0.1, 0.15) is 5.82 Å². The van der Waals surface area contributed by atoms with E-state index in [1.165, 1.54) is 26.4 Å². The maximum Gasteiger partial charge on any atom is 0.279 e. The molecule has 0 fully saturated rings. The van der Waals surface area contributed by atoms with Crippen LogP contribution in [0.4, 0.5) is 10.2 Å². The van der Waals surface area contributed by atoms with Gasteiger partial charge in [-0.1, -0.05) is 17.3 Å². The Kier molecular flexibility index (Phi) is 5.35. The smallest absolute Gasteiger partial charge is 0.279 e. The quantitative estimate of drug-likeness (QED) is 0.492. The van der Waals surface area contributed by atoms with Gasteiger partial charge in [-0.15, -0.1) is 0 Å². The van der Waals surface area contributed by atoms with Crippen molar-refractivity contribution in [3.05, 3.63) is 59.5 Å². The number of aryl methyl sites for hydroxylation is 1. The Bertz CT molecular complexity index is 1250. The number of aromatic nitrogens is 3. The second kappa shape index (κ2) is 8.27. The van der Waals surface area contributed by atoms with E-state index in [1.807, 2.05) is 0 Å². The van der Waals surface area contributed by atoms with Crippen molar-refractivity contribution < 1.29 is 27.8 Å². The fourth-order valence-corrected chi connectivity index (χ4v) is 2.88. The predicted octanol–water partition coefficient (Wildman–Crippen LogP) is 4.11. The molecular weight excluding hydrogens is 407 g/mol. The first kappa shape index (κ1) is 20.1. The van der Waals surface area contributed by atoms with Crippen LogP contribution in [-0.2, 0) is 0 Å². The lowest BCUT2D eigenvalue weighted by molar-refractivity contribution is 0.101. The van der Waals surface area contributed by atoms with Crippen LogP contribution < -0.4 is 14.8 Å². The Balaban J connectivity index is 1.56. The SMILES string of the molecule is COc1ccc(-c2nonc2NC(=O)c2cc(-c3ccc(C)c(F)c3)on2)cc1OC. The maximum atomic E-state index is 13.8. The molecule has 2 heterocycles. The van der Waals surface area contributed by atoms with Crippen LogP contribution in [0.5, 0.6) is 11.5 Å². The lowest BCUT2D eigenvalue weighted by atomic mass is 10.1. The maximum absolute atomic E-state index is 13.8. The summed E-state index contributed by atoms with van der Waals surface area (Å²) in [5.74, 6) is 0.376. The summed E-state index contributed by atoms with van der Waals surface area (Å²) in [6.45, 7) is 1.65. The standard InChI is InChI=1S/C21H17FN4O5/c1-11-4-5-12(8-14(11)22)17-10-15(24-30-17)21(27)23-20-19(25-31-26-20)13-6-7-16(28-2)18(9-13)29-3/h4-10H,1-3H3,(H,23,26,27). The summed E-state index contributed by atoms with van der Waals surface area (Å²) in [6.07, 6.45) is 0. The van der Waals surface area contributed by atoms with Crippen molar-refractivity contribution in [2.45, 2.75) is 6.92 Å². The number of hydrogen-bond acceptors (Lipinski definition) is 8. The highest BCUT2D eigenvalue weighted by atomic mass is 19.1. The molecule has 0 saturated carbocycles. The molecule has 2 aromatic heterocycles. The topological polar surface area (TPSA) is 113 Å². The number of carbonyl (C=O) groups is 1. The van der Waals surface area contributed by atoms with Crippen molar-refractivity contribution in [2.75, 3.05) is 19.5 Å². The molecule has 0 aliphatic carbocycles. The Morgan fingerprint density at radius 2 is 1.74 bits per heavy atom. The molecule has 158 valence electrons. The summed E-state index contributed by atoms with van der Waals surface area (Å²) in [5, 5.41) is 13.9. The van der Waals surface area contributed by atoms with Crippen LogP contribution >= 0.6 is 0 Å². The summed E-state index contributed by atoms with van der Waals surface area (Å²) in [6, 6.07) is 11.1. The molecule has 0 radical (unpaired) electrons. The average molecular weight is 424 g/mol. The van der Waals surface area contributed by atoms with Gasteiger partial charge in [-0.25, -0.2) is 9.02 Å². The van der Waals surface area contributed by atoms with Gasteiger partial charge < -0.3 is 19.3 Å². The highest BCUT2D eigenvalue weighted by molar-refractivity contribution is 6.04. The summed E-state index contributed by atoms with van der Waals surface area (Å²) < 4.78 is 34.3. The lowest BCUT2D eigenvalue weighted by Crippen LogP contribution is -2.13. The van der Waals surface area contributed by atoms with Crippen LogP contribution in [0.15, 0.2) is 51.6 Å². The van der Waals surface area contributed by atoms with E-state index in [-0.39, 0.29) is 23.1 Å². The van der Waals surface area contributed by atoms with Crippen molar-refractivity contribution in [1.29, 1.82) is 0 Å². The first-order valence-corrected chi connectivity index (χ1v) is 9.09. The fourth-order valence-electron chi connectivity index (χ4n) is 2.88. The number of carbonyl (C=O) groups excluding carboxylic acids is 1. The first-order chi connectivity index (χ1) is 15.0. The number of rotatable bonds is 6. The second-order valence-electron chi connectivity index (χ2n) is 6.53. The van der Waals surface area contributed by atoms with Crippen molar-refractivity contribution >= 4 is 11.7 Å². The van der Waals surface area contributed by atoms with Gasteiger partial charge in [0.25, 0.3) is 5.91 Å². The van der Waals surface area contributed by atoms with Crippen molar-refractivity contribution in [1.82, 2.24) is 15.5 Å². The molecule has 4 rings (SSSR count). The number of anilines is 1. The third-order valence-electron chi connectivity index (χ3n) is 4.58. The molecule has 0 aliphatic rings. The molecule has 0 atom stereocenters. The molecule has 9 nitrogen and oxygen atoms in total. The third-order valence-corrected chi connectivity index (χ3v) is 4.58. The molecule has 0 bridgehead atoms. The number of nitrogens with zero attached hydrogens (tertiary/aromatic N) is 3. The van der Waals surface area contributed by atoms with E-state index in [0.29, 0.717) is 33.9 Å². The molecule has 2 aromatic carbocycles. The zero-order valence-electron chi connectivity index (χ0n) is 16.8. The molecule has 1 N–H and O–H groups in total. The van der Waals surface area contributed by atoms with Crippen molar-refractivity contribution in [2.24, 2.45) is 0 Å². The number of benzene rings is 2. The van der Waals surface area contributed by atoms with Crippen molar-refractivity contribution in [3.63, 3.8) is 0 Å². The summed E-state index contributed by atoms with van der Waals surface area (Å²) >= 11 is 0. The Morgan fingerprint density at radius 1 is 0.968 bits per heavy atom. The second-order valence-corrected chi connectivity index (χ2v) is 6.53. The van der Waals surface area contributed by atoms with E-state index < -0.39 is 5.91 Å². The molecule has 0 aliphatic heterocycles. The number of ether oxygens (including phenoxy) is 2. The van der Waals surface area contributed by atoms with Gasteiger partial charge in [-0.05, 0) is 47.1 Å². The molecule has 31 heavy (non-hydrogen) atoms. The number of hydrogen-bond donors (Lipinski definition) is 1. The van der Waals surface area contributed by atoms with E-state index in [0.717, 1.165) is 0 Å². The Hall–Kier alpha value is -4.21. The predicted molar refractivity (Wildman–Crippen MR) is 107 cm³/mol. The lowest BCUT2D eigenvalue weighted by Gasteiger charge is -2.08. The van der Waals surface area contributed by atoms with E-state index in [1.54, 1.807) is 37.3 Å². The minimum Gasteiger partial charge on any atom is -0.493 e. The highest BCUT2D eigenvalue weighted by Crippen LogP contribution is 2.34. The average Bonchev–Trinajstić information content (AvgIpc) is 3.45. The zero-order valence-corrected chi connectivity index (χ0v) is 16.8. The summed E-state index contributed by atoms with van der Waals surface area (Å²) in [7, 11) is 3.03. The van der Waals surface area contributed by atoms with Crippen LogP contribution in [0.3, 0.4) is 0 Å². The van der Waals surface area contributed by atoms with E-state index in [2.05, 4.69) is 20.8 Å². The summed E-state index contributed by atoms with van der Waals surface area (Å²) in [4.78, 5) is 12.6. The number of methoxy groups -OCH3 is 2. The van der Waals surface area contributed by atoms with Crippen LogP contribution in [0.2, 0.25) is 0 Å². The molecule has 0 spiro atoms. The zero-order chi connectivity index (χ0) is 22.0. The Labute approximate surface area is 175 Å². The van der Waals surface area contributed by atoms with Crippen LogP contribution in [0, 0.1) is 12.7 Å². The molecule has 1 amide bonds. The largest absolute Gasteiger partial charge is 0.493 e. The van der Waals surface area contributed by atoms with E-state index in [9.17, 15) is 9.18 Å². The normalized spacial score (nSPS) is 10.7. The minimum atomic E-state index is -0.597. The molecule has 0 unspecified atom stereocenters. The number of halogens is 1. The number of amides is 1. The Morgan fingerprint density at radius 3 is 2.48 bits per heavy atom. The summed E-state index contributed by atoms with van der Waals surface area (Å²) in [5.41, 5.74) is 1.83. The van der Waals surface area contributed by atoms with Gasteiger partial charge in [-0.3, -0.25) is 4.79 Å². The van der Waals surface area contributed by atoms with E-state index >= 15 is 0 Å². The van der Waals surface area contributed by atoms with Gasteiger partial charge in [0.2, 0.25) is 5.82 Å². The molecule has 0 saturated heterocycles. The van der Waals surface area contributed by atoms with Crippen molar-refractivity contribution in [3.8, 4) is 34.1 Å². The molecular formula is C21H17FN4O5. The fraction of sp³-hybridized carbons (Fsp3) is 0.143. The first-order valence-electron chi connectivity index (χ1n) is 9.09. The van der Waals surface area contributed by atoms with Gasteiger partial charge in [-0.2, -0.15) is 0 Å². The van der Waals surface area contributed by atoms with Gasteiger partial charge in [0.05, 0.1) is 14.2 Å². The minimum absolute atomic E-state index is 0.0164. The third kappa shape index (κ3) is 3.95. The van der Waals surface area contributed by atoms with Crippen LogP contribution in [0.25, 0.3) is 22.6 Å². The monoisotopic (exact) mass is 424 g/mol. The van der Waals surface area contributed by atoms with E-state index in [4.69, 9.17) is 18.6 Å². The number of nitrogens with one attached hydrogen (secondary N) is 1.